The predicted molar refractivity (Wildman–Crippen MR) is 83.2 cm³/mol. The molecule has 0 atom stereocenters. The molecule has 0 bridgehead atoms. The lowest BCUT2D eigenvalue weighted by atomic mass is 10.2. The number of hydrogen-bond donors (Lipinski definition) is 1. The van der Waals surface area contributed by atoms with E-state index in [-0.39, 0.29) is 11.7 Å². The average molecular weight is 302 g/mol. The number of hydrogen-bond acceptors (Lipinski definition) is 4. The van der Waals surface area contributed by atoms with E-state index >= 15 is 0 Å². The lowest BCUT2D eigenvalue weighted by molar-refractivity contribution is 0.0946. The topological polar surface area (TPSA) is 58.1 Å². The number of halogens is 1. The van der Waals surface area contributed by atoms with Gasteiger partial charge in [0, 0.05) is 25.8 Å². The minimum absolute atomic E-state index is 0.278. The molecule has 0 saturated heterocycles. The van der Waals surface area contributed by atoms with Gasteiger partial charge in [-0.15, -0.1) is 0 Å². The Labute approximate surface area is 129 Å². The Morgan fingerprint density at radius 1 is 1.18 bits per heavy atom. The summed E-state index contributed by atoms with van der Waals surface area (Å²) in [6, 6.07) is 7.58. The second-order valence-corrected chi connectivity index (χ2v) is 4.72. The van der Waals surface area contributed by atoms with Gasteiger partial charge in [-0.25, -0.2) is 14.4 Å². The van der Waals surface area contributed by atoms with Gasteiger partial charge in [0.2, 0.25) is 5.95 Å². The van der Waals surface area contributed by atoms with E-state index < -0.39 is 0 Å². The zero-order chi connectivity index (χ0) is 15.9. The van der Waals surface area contributed by atoms with Crippen molar-refractivity contribution in [1.29, 1.82) is 0 Å². The molecule has 22 heavy (non-hydrogen) atoms. The van der Waals surface area contributed by atoms with E-state index in [2.05, 4.69) is 15.3 Å². The van der Waals surface area contributed by atoms with Crippen molar-refractivity contribution in [2.75, 3.05) is 18.0 Å². The summed E-state index contributed by atoms with van der Waals surface area (Å²) in [6.07, 6.45) is 1.58. The van der Waals surface area contributed by atoms with Gasteiger partial charge in [-0.1, -0.05) is 12.1 Å². The van der Waals surface area contributed by atoms with Crippen LogP contribution in [0.5, 0.6) is 0 Å². The van der Waals surface area contributed by atoms with Crippen LogP contribution in [-0.4, -0.2) is 29.0 Å². The smallest absolute Gasteiger partial charge is 0.270 e. The zero-order valence-electron chi connectivity index (χ0n) is 12.7. The second kappa shape index (κ2) is 7.49. The van der Waals surface area contributed by atoms with Crippen molar-refractivity contribution in [3.05, 3.63) is 53.6 Å². The number of rotatable bonds is 6. The third-order valence-electron chi connectivity index (χ3n) is 3.29. The van der Waals surface area contributed by atoms with Crippen molar-refractivity contribution in [3.63, 3.8) is 0 Å². The normalized spacial score (nSPS) is 10.3. The van der Waals surface area contributed by atoms with Crippen LogP contribution in [0.15, 0.2) is 36.5 Å². The summed E-state index contributed by atoms with van der Waals surface area (Å²) in [5.41, 5.74) is 1.15. The summed E-state index contributed by atoms with van der Waals surface area (Å²) in [5.74, 6) is -0.0331. The number of carbonyl (C=O) groups excluding carboxylic acids is 1. The summed E-state index contributed by atoms with van der Waals surface area (Å²) >= 11 is 0. The van der Waals surface area contributed by atoms with Gasteiger partial charge in [-0.3, -0.25) is 4.79 Å². The van der Waals surface area contributed by atoms with Gasteiger partial charge in [-0.2, -0.15) is 0 Å². The number of anilines is 1. The Kier molecular flexibility index (Phi) is 5.41. The molecular formula is C16H19FN4O. The molecule has 1 heterocycles. The van der Waals surface area contributed by atoms with Gasteiger partial charge >= 0.3 is 0 Å². The SMILES string of the molecule is CCN(CC)c1nccc(C(=O)NCc2ccc(F)cc2)n1. The van der Waals surface area contributed by atoms with Gasteiger partial charge < -0.3 is 10.2 Å². The summed E-state index contributed by atoms with van der Waals surface area (Å²) in [7, 11) is 0. The highest BCUT2D eigenvalue weighted by Crippen LogP contribution is 2.07. The molecule has 2 rings (SSSR count). The van der Waals surface area contributed by atoms with E-state index in [1.54, 1.807) is 24.4 Å². The zero-order valence-corrected chi connectivity index (χ0v) is 12.7. The van der Waals surface area contributed by atoms with Gasteiger partial charge in [0.1, 0.15) is 11.5 Å². The van der Waals surface area contributed by atoms with Crippen molar-refractivity contribution in [2.24, 2.45) is 0 Å². The fraction of sp³-hybridized carbons (Fsp3) is 0.312. The van der Waals surface area contributed by atoms with Crippen LogP contribution >= 0.6 is 0 Å². The molecule has 0 aliphatic heterocycles. The lowest BCUT2D eigenvalue weighted by Gasteiger charge is -2.18. The minimum Gasteiger partial charge on any atom is -0.347 e. The molecule has 0 aliphatic carbocycles. The lowest BCUT2D eigenvalue weighted by Crippen LogP contribution is -2.27. The summed E-state index contributed by atoms with van der Waals surface area (Å²) in [4.78, 5) is 22.6. The number of aromatic nitrogens is 2. The van der Waals surface area contributed by atoms with Crippen molar-refractivity contribution in [1.82, 2.24) is 15.3 Å². The van der Waals surface area contributed by atoms with E-state index in [4.69, 9.17) is 0 Å². The Bertz CT molecular complexity index is 626. The molecule has 1 N–H and O–H groups in total. The quantitative estimate of drug-likeness (QED) is 0.890. The second-order valence-electron chi connectivity index (χ2n) is 4.72. The molecule has 2 aromatic rings. The van der Waals surface area contributed by atoms with E-state index in [0.29, 0.717) is 18.2 Å². The van der Waals surface area contributed by atoms with Crippen molar-refractivity contribution in [3.8, 4) is 0 Å². The Balaban J connectivity index is 2.03. The molecule has 0 aliphatic rings. The van der Waals surface area contributed by atoms with E-state index in [0.717, 1.165) is 18.7 Å². The highest BCUT2D eigenvalue weighted by atomic mass is 19.1. The summed E-state index contributed by atoms with van der Waals surface area (Å²) in [6.45, 7) is 5.89. The summed E-state index contributed by atoms with van der Waals surface area (Å²) < 4.78 is 12.8. The van der Waals surface area contributed by atoms with E-state index in [1.165, 1.54) is 12.1 Å². The van der Waals surface area contributed by atoms with Crippen molar-refractivity contribution in [2.45, 2.75) is 20.4 Å². The van der Waals surface area contributed by atoms with Crippen LogP contribution < -0.4 is 10.2 Å². The maximum absolute atomic E-state index is 12.8. The highest BCUT2D eigenvalue weighted by Gasteiger charge is 2.11. The molecule has 1 aromatic heterocycles. The molecular weight excluding hydrogens is 283 g/mol. The predicted octanol–water partition coefficient (Wildman–Crippen LogP) is 2.39. The molecule has 0 saturated carbocycles. The average Bonchev–Trinajstić information content (AvgIpc) is 2.55. The molecule has 0 radical (unpaired) electrons. The summed E-state index contributed by atoms with van der Waals surface area (Å²) in [5, 5.41) is 2.77. The Morgan fingerprint density at radius 2 is 1.86 bits per heavy atom. The van der Waals surface area contributed by atoms with Crippen LogP contribution in [-0.2, 0) is 6.54 Å². The molecule has 5 nitrogen and oxygen atoms in total. The Morgan fingerprint density at radius 3 is 2.50 bits per heavy atom. The minimum atomic E-state index is -0.297. The van der Waals surface area contributed by atoms with Gasteiger partial charge in [0.05, 0.1) is 0 Å². The number of nitrogens with one attached hydrogen (secondary N) is 1. The maximum Gasteiger partial charge on any atom is 0.270 e. The van der Waals surface area contributed by atoms with Crippen molar-refractivity contribution < 1.29 is 9.18 Å². The first-order chi connectivity index (χ1) is 10.6. The molecule has 116 valence electrons. The number of nitrogens with zero attached hydrogens (tertiary/aromatic N) is 3. The van der Waals surface area contributed by atoms with Gasteiger partial charge in [0.25, 0.3) is 5.91 Å². The van der Waals surface area contributed by atoms with Gasteiger partial charge in [0.15, 0.2) is 0 Å². The van der Waals surface area contributed by atoms with E-state index in [1.807, 2.05) is 18.7 Å². The van der Waals surface area contributed by atoms with Crippen molar-refractivity contribution >= 4 is 11.9 Å². The highest BCUT2D eigenvalue weighted by molar-refractivity contribution is 5.92. The molecule has 0 unspecified atom stereocenters. The number of carbonyl (C=O) groups is 1. The first kappa shape index (κ1) is 15.9. The van der Waals surface area contributed by atoms with Crippen LogP contribution in [0.1, 0.15) is 29.9 Å². The fourth-order valence-electron chi connectivity index (χ4n) is 2.01. The first-order valence-electron chi connectivity index (χ1n) is 7.24. The number of amides is 1. The van der Waals surface area contributed by atoms with E-state index in [9.17, 15) is 9.18 Å². The first-order valence-corrected chi connectivity index (χ1v) is 7.24. The fourth-order valence-corrected chi connectivity index (χ4v) is 2.01. The van der Waals surface area contributed by atoms with Crippen LogP contribution in [0.2, 0.25) is 0 Å². The molecule has 0 spiro atoms. The molecule has 6 heteroatoms. The standard InChI is InChI=1S/C16H19FN4O/c1-3-21(4-2)16-18-10-9-14(20-16)15(22)19-11-12-5-7-13(17)8-6-12/h5-10H,3-4,11H2,1-2H3,(H,19,22). The number of benzene rings is 1. The molecule has 0 fully saturated rings. The van der Waals surface area contributed by atoms with Crippen LogP contribution in [0.3, 0.4) is 0 Å². The van der Waals surface area contributed by atoms with Crippen LogP contribution in [0.4, 0.5) is 10.3 Å². The molecule has 1 aromatic carbocycles. The monoisotopic (exact) mass is 302 g/mol. The van der Waals surface area contributed by atoms with Crippen LogP contribution in [0.25, 0.3) is 0 Å². The largest absolute Gasteiger partial charge is 0.347 e. The maximum atomic E-state index is 12.8. The van der Waals surface area contributed by atoms with Gasteiger partial charge in [-0.05, 0) is 37.6 Å². The third kappa shape index (κ3) is 4.00. The van der Waals surface area contributed by atoms with Crippen LogP contribution in [0, 0.1) is 5.82 Å². The third-order valence-corrected chi connectivity index (χ3v) is 3.29. The molecule has 1 amide bonds. The Hall–Kier alpha value is -2.50.